The van der Waals surface area contributed by atoms with Crippen LogP contribution in [0.4, 0.5) is 0 Å². The average molecular weight is 744 g/mol. The summed E-state index contributed by atoms with van der Waals surface area (Å²) in [7, 11) is 0. The zero-order chi connectivity index (χ0) is 36.4. The Bertz CT molecular complexity index is 602. The molecule has 0 aromatic rings. The van der Waals surface area contributed by atoms with Crippen molar-refractivity contribution >= 4 is 5.97 Å². The Kier molecular flexibility index (Phi) is 50.2. The van der Waals surface area contributed by atoms with E-state index < -0.39 is 12.0 Å². The van der Waals surface area contributed by atoms with Crippen molar-refractivity contribution in [2.24, 2.45) is 0 Å². The Morgan fingerprint density at radius 2 is 0.549 bits per heavy atom. The molecule has 300 valence electrons. The Balaban J connectivity index is 0. The van der Waals surface area contributed by atoms with Crippen molar-refractivity contribution < 1.29 is 61.3 Å². The maximum Gasteiger partial charge on any atom is 1.00 e. The van der Waals surface area contributed by atoms with Gasteiger partial charge < -0.3 is 9.90 Å². The van der Waals surface area contributed by atoms with Crippen LogP contribution >= 0.6 is 0 Å². The Morgan fingerprint density at radius 3 is 0.725 bits per heavy atom. The molecule has 0 saturated carbocycles. The predicted molar refractivity (Wildman–Crippen MR) is 222 cm³/mol. The maximum absolute atomic E-state index is 12.0. The number of carbonyl (C=O) groups excluding carboxylic acids is 1. The van der Waals surface area contributed by atoms with Gasteiger partial charge in [0.15, 0.2) is 0 Å². The largest absolute Gasteiger partial charge is 1.00 e. The third-order valence-corrected chi connectivity index (χ3v) is 11.4. The number of hydrogen-bond acceptors (Lipinski definition) is 3. The fourth-order valence-electron chi connectivity index (χ4n) is 7.93. The van der Waals surface area contributed by atoms with E-state index in [1.807, 2.05) is 0 Å². The number of nitrogens with zero attached hydrogens (tertiary/aromatic N) is 1. The van der Waals surface area contributed by atoms with Gasteiger partial charge in [0, 0.05) is 6.04 Å². The van der Waals surface area contributed by atoms with Crippen LogP contribution in [-0.4, -0.2) is 30.0 Å². The Hall–Kier alpha value is 1.07. The number of carboxylic acids is 1. The molecule has 0 aliphatic rings. The molecule has 0 aromatic heterocycles. The first-order chi connectivity index (χ1) is 24.7. The van der Waals surface area contributed by atoms with E-state index in [9.17, 15) is 9.90 Å². The molecule has 0 N–H and O–H groups in total. The third kappa shape index (κ3) is 42.1. The number of carbonyl (C=O) groups is 1. The van der Waals surface area contributed by atoms with Crippen LogP contribution in [0.15, 0.2) is 0 Å². The molecule has 0 spiro atoms. The van der Waals surface area contributed by atoms with Gasteiger partial charge in [0.2, 0.25) is 0 Å². The summed E-state index contributed by atoms with van der Waals surface area (Å²) in [5.74, 6) is -0.859. The van der Waals surface area contributed by atoms with Gasteiger partial charge in [-0.1, -0.05) is 258 Å². The van der Waals surface area contributed by atoms with E-state index in [4.69, 9.17) is 0 Å². The van der Waals surface area contributed by atoms with E-state index in [1.54, 1.807) is 0 Å². The smallest absolute Gasteiger partial charge is 0.548 e. The maximum atomic E-state index is 12.0. The fraction of sp³-hybridized carbons (Fsp3) is 0.979. The molecule has 1 unspecified atom stereocenters. The molecular weight excluding hydrogens is 650 g/mol. The van der Waals surface area contributed by atoms with Gasteiger partial charge in [-0.2, -0.15) is 0 Å². The van der Waals surface area contributed by atoms with Gasteiger partial charge in [0.1, 0.15) is 0 Å². The number of unbranched alkanes of at least 4 members (excludes halogenated alkanes) is 36. The van der Waals surface area contributed by atoms with Gasteiger partial charge in [0.05, 0.1) is 5.97 Å². The molecule has 1 atom stereocenters. The van der Waals surface area contributed by atoms with Gasteiger partial charge >= 0.3 is 51.4 Å². The van der Waals surface area contributed by atoms with Crippen molar-refractivity contribution in [1.29, 1.82) is 0 Å². The van der Waals surface area contributed by atoms with Crippen LogP contribution in [0.5, 0.6) is 0 Å². The molecule has 0 aromatic carbocycles. The summed E-state index contributed by atoms with van der Waals surface area (Å²) < 4.78 is 0. The molecule has 0 fully saturated rings. The quantitative estimate of drug-likeness (QED) is 0.0461. The van der Waals surface area contributed by atoms with Crippen LogP contribution in [0.3, 0.4) is 0 Å². The molecule has 0 amide bonds. The van der Waals surface area contributed by atoms with Crippen molar-refractivity contribution in [3.63, 3.8) is 0 Å². The zero-order valence-electron chi connectivity index (χ0n) is 36.0. The minimum absolute atomic E-state index is 0. The minimum atomic E-state index is -0.859. The molecule has 0 aliphatic heterocycles. The second-order valence-electron chi connectivity index (χ2n) is 16.4. The first kappa shape index (κ1) is 54.2. The molecule has 0 rings (SSSR count). The summed E-state index contributed by atoms with van der Waals surface area (Å²) in [6, 6.07) is -0.397. The van der Waals surface area contributed by atoms with Crippen LogP contribution in [0.2, 0.25) is 0 Å². The van der Waals surface area contributed by atoms with Crippen LogP contribution < -0.4 is 56.5 Å². The van der Waals surface area contributed by atoms with Gasteiger partial charge in [-0.3, -0.25) is 4.90 Å². The first-order valence-electron chi connectivity index (χ1n) is 23.6. The Labute approximate surface area is 365 Å². The van der Waals surface area contributed by atoms with Crippen LogP contribution in [-0.2, 0) is 4.79 Å². The SMILES string of the molecule is CCCCCCCCCCCCCCCCCCCCCN(CCCCCCCCCCCCCCCCCCCCC)C(CCC)C(=O)[O-].[K+]. The summed E-state index contributed by atoms with van der Waals surface area (Å²) in [6.07, 6.45) is 54.5. The molecule has 51 heavy (non-hydrogen) atoms. The van der Waals surface area contributed by atoms with Crippen molar-refractivity contribution in [2.45, 2.75) is 284 Å². The Morgan fingerprint density at radius 1 is 0.353 bits per heavy atom. The molecule has 4 heteroatoms. The number of carboxylic acid groups (broad SMARTS) is 1. The molecule has 3 nitrogen and oxygen atoms in total. The van der Waals surface area contributed by atoms with Crippen LogP contribution in [0.1, 0.15) is 278 Å². The van der Waals surface area contributed by atoms with E-state index in [0.29, 0.717) is 0 Å². The molecular formula is C47H94KNO2. The van der Waals surface area contributed by atoms with Crippen molar-refractivity contribution in [3.05, 3.63) is 0 Å². The predicted octanol–water partition coefficient (Wildman–Crippen LogP) is 12.1. The second-order valence-corrected chi connectivity index (χ2v) is 16.4. The van der Waals surface area contributed by atoms with Gasteiger partial charge in [-0.25, -0.2) is 0 Å². The third-order valence-electron chi connectivity index (χ3n) is 11.4. The number of rotatable bonds is 44. The molecule has 0 aliphatic carbocycles. The van der Waals surface area contributed by atoms with Crippen molar-refractivity contribution in [1.82, 2.24) is 4.90 Å². The molecule has 0 heterocycles. The first-order valence-corrected chi connectivity index (χ1v) is 23.6. The van der Waals surface area contributed by atoms with Crippen molar-refractivity contribution in [2.75, 3.05) is 13.1 Å². The van der Waals surface area contributed by atoms with E-state index >= 15 is 0 Å². The summed E-state index contributed by atoms with van der Waals surface area (Å²) in [5.41, 5.74) is 0. The van der Waals surface area contributed by atoms with Gasteiger partial charge in [-0.05, 0) is 32.4 Å². The van der Waals surface area contributed by atoms with E-state index in [1.165, 1.54) is 231 Å². The summed E-state index contributed by atoms with van der Waals surface area (Å²) in [6.45, 7) is 8.55. The van der Waals surface area contributed by atoms with Gasteiger partial charge in [-0.15, -0.1) is 0 Å². The van der Waals surface area contributed by atoms with E-state index in [2.05, 4.69) is 25.7 Å². The van der Waals surface area contributed by atoms with Crippen LogP contribution in [0, 0.1) is 0 Å². The minimum Gasteiger partial charge on any atom is -0.548 e. The monoisotopic (exact) mass is 744 g/mol. The van der Waals surface area contributed by atoms with Gasteiger partial charge in [0.25, 0.3) is 0 Å². The summed E-state index contributed by atoms with van der Waals surface area (Å²) in [4.78, 5) is 14.2. The second kappa shape index (κ2) is 47.2. The van der Waals surface area contributed by atoms with Crippen LogP contribution in [0.25, 0.3) is 0 Å². The summed E-state index contributed by atoms with van der Waals surface area (Å²) in [5, 5.41) is 12.0. The standard InChI is InChI=1S/C47H95NO2.K/c1-4-7-9-11-13-15-17-19-21-23-25-27-29-31-33-35-37-39-41-44-48(46(43-6-3)47(49)50)45-42-40-38-36-34-32-30-28-26-24-22-20-18-16-14-12-10-8-5-2;/h46H,4-45H2,1-3H3,(H,49,50);/q;+1/p-1. The fourth-order valence-corrected chi connectivity index (χ4v) is 7.93. The average Bonchev–Trinajstić information content (AvgIpc) is 3.11. The molecule has 0 bridgehead atoms. The molecule has 0 radical (unpaired) electrons. The number of aliphatic carboxylic acids is 1. The summed E-state index contributed by atoms with van der Waals surface area (Å²) >= 11 is 0. The topological polar surface area (TPSA) is 43.4 Å². The van der Waals surface area contributed by atoms with E-state index in [-0.39, 0.29) is 51.4 Å². The van der Waals surface area contributed by atoms with Crippen molar-refractivity contribution in [3.8, 4) is 0 Å². The zero-order valence-corrected chi connectivity index (χ0v) is 39.2. The number of hydrogen-bond donors (Lipinski definition) is 0. The van der Waals surface area contributed by atoms with E-state index in [0.717, 1.165) is 38.8 Å². The molecule has 0 saturated heterocycles. The normalized spacial score (nSPS) is 12.1.